The Labute approximate surface area is 200 Å². The fraction of sp³-hybridized carbons (Fsp3) is 0.304. The second-order valence-corrected chi connectivity index (χ2v) is 8.90. The number of rotatable bonds is 5. The van der Waals surface area contributed by atoms with Crippen LogP contribution in [0, 0.1) is 0 Å². The van der Waals surface area contributed by atoms with E-state index in [9.17, 15) is 4.79 Å². The number of anilines is 1. The highest BCUT2D eigenvalue weighted by molar-refractivity contribution is 7.99. The van der Waals surface area contributed by atoms with E-state index in [1.54, 1.807) is 24.0 Å². The molecule has 8 nitrogen and oxygen atoms in total. The molecule has 0 aliphatic carbocycles. The number of hydrogen-bond acceptors (Lipinski definition) is 8. The van der Waals surface area contributed by atoms with Crippen molar-refractivity contribution < 1.29 is 19.0 Å². The second kappa shape index (κ2) is 9.07. The fourth-order valence-corrected chi connectivity index (χ4v) is 4.61. The van der Waals surface area contributed by atoms with Gasteiger partial charge in [-0.15, -0.1) is 10.2 Å². The van der Waals surface area contributed by atoms with Crippen LogP contribution >= 0.6 is 23.4 Å². The summed E-state index contributed by atoms with van der Waals surface area (Å²) in [5, 5.41) is 9.61. The Bertz CT molecular complexity index is 1230. The summed E-state index contributed by atoms with van der Waals surface area (Å²) >= 11 is 8.16. The molecule has 10 heteroatoms. The molecule has 0 N–H and O–H groups in total. The summed E-state index contributed by atoms with van der Waals surface area (Å²) in [6, 6.07) is 10.9. The molecule has 5 rings (SSSR count). The molecule has 3 aromatic rings. The first-order valence-electron chi connectivity index (χ1n) is 10.6. The minimum Gasteiger partial charge on any atom is -0.454 e. The van der Waals surface area contributed by atoms with Gasteiger partial charge in [-0.05, 0) is 18.6 Å². The van der Waals surface area contributed by atoms with Crippen LogP contribution in [0.1, 0.15) is 38.5 Å². The maximum Gasteiger partial charge on any atom is 0.247 e. The summed E-state index contributed by atoms with van der Waals surface area (Å²) in [7, 11) is 0. The molecule has 33 heavy (non-hydrogen) atoms. The van der Waals surface area contributed by atoms with E-state index in [-0.39, 0.29) is 19.1 Å². The van der Waals surface area contributed by atoms with Crippen molar-refractivity contribution in [3.63, 3.8) is 0 Å². The summed E-state index contributed by atoms with van der Waals surface area (Å²) in [5.41, 5.74) is 2.39. The van der Waals surface area contributed by atoms with Gasteiger partial charge in [-0.1, -0.05) is 55.4 Å². The normalized spacial score (nSPS) is 16.0. The first-order valence-corrected chi connectivity index (χ1v) is 12.0. The van der Waals surface area contributed by atoms with Gasteiger partial charge in [0.15, 0.2) is 17.2 Å². The van der Waals surface area contributed by atoms with E-state index in [1.165, 1.54) is 11.8 Å². The predicted molar refractivity (Wildman–Crippen MR) is 125 cm³/mol. The largest absolute Gasteiger partial charge is 0.454 e. The van der Waals surface area contributed by atoms with Gasteiger partial charge in [-0.25, -0.2) is 0 Å². The van der Waals surface area contributed by atoms with E-state index in [0.717, 1.165) is 12.2 Å². The molecule has 0 fully saturated rings. The number of benzene rings is 2. The average Bonchev–Trinajstić information content (AvgIpc) is 3.23. The predicted octanol–water partition coefficient (Wildman–Crippen LogP) is 5.26. The first kappa shape index (κ1) is 21.8. The van der Waals surface area contributed by atoms with Crippen molar-refractivity contribution in [1.82, 2.24) is 15.2 Å². The molecule has 1 unspecified atom stereocenters. The lowest BCUT2D eigenvalue weighted by atomic mass is 10.1. The number of para-hydroxylation sites is 1. The number of carbonyl (C=O) groups excluding carboxylic acids is 1. The van der Waals surface area contributed by atoms with E-state index in [4.69, 9.17) is 25.8 Å². The maximum atomic E-state index is 13.3. The summed E-state index contributed by atoms with van der Waals surface area (Å²) in [4.78, 5) is 19.5. The van der Waals surface area contributed by atoms with Crippen molar-refractivity contribution in [2.45, 2.75) is 38.1 Å². The molecule has 2 aromatic carbocycles. The number of ether oxygens (including phenoxy) is 3. The molecule has 0 bridgehead atoms. The minimum absolute atomic E-state index is 0.110. The third-order valence-electron chi connectivity index (χ3n) is 5.28. The van der Waals surface area contributed by atoms with Crippen LogP contribution in [0.2, 0.25) is 5.02 Å². The number of hydrogen-bond donors (Lipinski definition) is 0. The van der Waals surface area contributed by atoms with E-state index < -0.39 is 6.23 Å². The van der Waals surface area contributed by atoms with Gasteiger partial charge in [0.1, 0.15) is 0 Å². The van der Waals surface area contributed by atoms with Gasteiger partial charge in [0, 0.05) is 29.4 Å². The Morgan fingerprint density at radius 3 is 2.76 bits per heavy atom. The van der Waals surface area contributed by atoms with Gasteiger partial charge in [0.05, 0.1) is 10.7 Å². The molecule has 2 aliphatic heterocycles. The van der Waals surface area contributed by atoms with Crippen molar-refractivity contribution in [1.29, 1.82) is 0 Å². The Kier molecular flexibility index (Phi) is 5.99. The molecular formula is C23H21ClN4O4S. The summed E-state index contributed by atoms with van der Waals surface area (Å²) in [6.07, 6.45) is 0.356. The SMILES string of the molecule is CCCSc1nnc2c(n1)OC(c1cc3c(cc1Cl)OCO3)N(C(=O)CC)c1ccccc1-2. The smallest absolute Gasteiger partial charge is 0.247 e. The number of aromatic nitrogens is 3. The van der Waals surface area contributed by atoms with Gasteiger partial charge in [0.2, 0.25) is 30.0 Å². The molecule has 0 spiro atoms. The number of fused-ring (bicyclic) bond motifs is 4. The number of thioether (sulfide) groups is 1. The number of carbonyl (C=O) groups is 1. The van der Waals surface area contributed by atoms with E-state index in [0.29, 0.717) is 50.1 Å². The zero-order valence-electron chi connectivity index (χ0n) is 18.1. The highest BCUT2D eigenvalue weighted by Gasteiger charge is 2.37. The summed E-state index contributed by atoms with van der Waals surface area (Å²) < 4.78 is 17.4. The van der Waals surface area contributed by atoms with Crippen molar-refractivity contribution >= 4 is 35.0 Å². The van der Waals surface area contributed by atoms with Crippen molar-refractivity contribution in [2.24, 2.45) is 0 Å². The van der Waals surface area contributed by atoms with Crippen molar-refractivity contribution in [3.8, 4) is 28.6 Å². The maximum absolute atomic E-state index is 13.3. The molecule has 0 saturated heterocycles. The molecule has 3 heterocycles. The molecule has 0 saturated carbocycles. The number of nitrogens with zero attached hydrogens (tertiary/aromatic N) is 4. The lowest BCUT2D eigenvalue weighted by Crippen LogP contribution is -2.37. The molecular weight excluding hydrogens is 464 g/mol. The minimum atomic E-state index is -0.887. The van der Waals surface area contributed by atoms with Crippen LogP contribution in [-0.2, 0) is 4.79 Å². The van der Waals surface area contributed by atoms with Crippen LogP contribution in [0.5, 0.6) is 17.4 Å². The van der Waals surface area contributed by atoms with Crippen LogP contribution in [0.4, 0.5) is 5.69 Å². The van der Waals surface area contributed by atoms with Gasteiger partial charge in [0.25, 0.3) is 0 Å². The molecule has 2 aliphatic rings. The number of amides is 1. The highest BCUT2D eigenvalue weighted by Crippen LogP contribution is 2.47. The lowest BCUT2D eigenvalue weighted by Gasteiger charge is -2.31. The Balaban J connectivity index is 1.71. The molecule has 1 aromatic heterocycles. The zero-order chi connectivity index (χ0) is 22.9. The van der Waals surface area contributed by atoms with Crippen LogP contribution in [-0.4, -0.2) is 33.6 Å². The van der Waals surface area contributed by atoms with Gasteiger partial charge >= 0.3 is 0 Å². The second-order valence-electron chi connectivity index (χ2n) is 7.43. The molecule has 0 radical (unpaired) electrons. The highest BCUT2D eigenvalue weighted by atomic mass is 35.5. The van der Waals surface area contributed by atoms with E-state index >= 15 is 0 Å². The Hall–Kier alpha value is -3.04. The average molecular weight is 485 g/mol. The summed E-state index contributed by atoms with van der Waals surface area (Å²) in [6.45, 7) is 4.00. The quantitative estimate of drug-likeness (QED) is 0.453. The van der Waals surface area contributed by atoms with Gasteiger partial charge in [-0.3, -0.25) is 9.69 Å². The summed E-state index contributed by atoms with van der Waals surface area (Å²) in [5.74, 6) is 2.10. The van der Waals surface area contributed by atoms with Crippen molar-refractivity contribution in [2.75, 3.05) is 17.4 Å². The van der Waals surface area contributed by atoms with E-state index in [2.05, 4.69) is 22.1 Å². The van der Waals surface area contributed by atoms with Crippen LogP contribution in [0.25, 0.3) is 11.3 Å². The fourth-order valence-electron chi connectivity index (χ4n) is 3.73. The molecule has 170 valence electrons. The standard InChI is InChI=1S/C23H21ClN4O4S/c1-3-9-33-23-25-21-20(26-27-23)13-7-5-6-8-16(13)28(19(29)4-2)22(32-21)14-10-17-18(11-15(14)24)31-12-30-17/h5-8,10-11,22H,3-4,9,12H2,1-2H3. The third kappa shape index (κ3) is 3.95. The van der Waals surface area contributed by atoms with Gasteiger partial charge in [-0.2, -0.15) is 4.98 Å². The Morgan fingerprint density at radius 1 is 1.18 bits per heavy atom. The molecule has 1 amide bonds. The van der Waals surface area contributed by atoms with Crippen LogP contribution < -0.4 is 19.1 Å². The first-order chi connectivity index (χ1) is 16.1. The monoisotopic (exact) mass is 484 g/mol. The van der Waals surface area contributed by atoms with Gasteiger partial charge < -0.3 is 14.2 Å². The van der Waals surface area contributed by atoms with Crippen LogP contribution in [0.15, 0.2) is 41.6 Å². The zero-order valence-corrected chi connectivity index (χ0v) is 19.7. The lowest BCUT2D eigenvalue weighted by molar-refractivity contribution is -0.120. The van der Waals surface area contributed by atoms with E-state index in [1.807, 2.05) is 24.3 Å². The van der Waals surface area contributed by atoms with Crippen LogP contribution in [0.3, 0.4) is 0 Å². The number of halogens is 1. The third-order valence-corrected chi connectivity index (χ3v) is 6.65. The topological polar surface area (TPSA) is 86.7 Å². The molecule has 1 atom stereocenters. The van der Waals surface area contributed by atoms with Crippen molar-refractivity contribution in [3.05, 3.63) is 47.0 Å². The Morgan fingerprint density at radius 2 is 1.97 bits per heavy atom.